The largest absolute Gasteiger partial charge is 0.478 e. The number of halogens is 3. The maximum Gasteiger partial charge on any atom is 0.423 e. The number of hydrogen-bond donors (Lipinski definition) is 2. The van der Waals surface area contributed by atoms with E-state index in [2.05, 4.69) is 30.1 Å². The van der Waals surface area contributed by atoms with Gasteiger partial charge in [0.15, 0.2) is 0 Å². The van der Waals surface area contributed by atoms with Gasteiger partial charge < -0.3 is 19.9 Å². The molecule has 0 aliphatic heterocycles. The molecule has 2 N–H and O–H groups in total. The third-order valence-electron chi connectivity index (χ3n) is 3.78. The molecule has 12 heteroatoms. The molecule has 1 aromatic rings. The average Bonchev–Trinajstić information content (AvgIpc) is 2.57. The van der Waals surface area contributed by atoms with Crippen LogP contribution in [0.3, 0.4) is 0 Å². The minimum absolute atomic E-state index is 0.00978. The number of nitrogens with one attached hydrogen (secondary N) is 1. The molecule has 0 saturated carbocycles. The van der Waals surface area contributed by atoms with E-state index in [9.17, 15) is 22.8 Å². The van der Waals surface area contributed by atoms with E-state index in [-0.39, 0.29) is 19.9 Å². The van der Waals surface area contributed by atoms with Gasteiger partial charge in [0.2, 0.25) is 0 Å². The van der Waals surface area contributed by atoms with Crippen molar-refractivity contribution in [3.8, 4) is 0 Å². The lowest BCUT2D eigenvalue weighted by Crippen LogP contribution is -2.34. The molecular weight excluding hydrogens is 423 g/mol. The molecule has 0 bridgehead atoms. The minimum Gasteiger partial charge on any atom is -0.478 e. The summed E-state index contributed by atoms with van der Waals surface area (Å²) in [6.07, 6.45) is -1.78. The van der Waals surface area contributed by atoms with Gasteiger partial charge in [-0.2, -0.15) is 18.3 Å². The van der Waals surface area contributed by atoms with Crippen LogP contribution in [0.25, 0.3) is 0 Å². The smallest absolute Gasteiger partial charge is 0.423 e. The molecule has 0 amide bonds. The highest BCUT2D eigenvalue weighted by molar-refractivity contribution is 6.76. The first-order chi connectivity index (χ1) is 13.8. The lowest BCUT2D eigenvalue weighted by molar-refractivity contribution is -0.138. The van der Waals surface area contributed by atoms with Crippen LogP contribution in [0.2, 0.25) is 25.7 Å². The fraction of sp³-hybridized carbons (Fsp3) is 0.611. The fourth-order valence-electron chi connectivity index (χ4n) is 2.26. The third kappa shape index (κ3) is 9.54. The molecule has 1 aromatic heterocycles. The van der Waals surface area contributed by atoms with E-state index in [0.717, 1.165) is 18.3 Å². The maximum absolute atomic E-state index is 13.5. The van der Waals surface area contributed by atoms with Gasteiger partial charge >= 0.3 is 12.1 Å². The summed E-state index contributed by atoms with van der Waals surface area (Å²) < 4.78 is 51.7. The number of aromatic nitrogens is 2. The number of alkyl halides is 3. The first kappa shape index (κ1) is 25.9. The first-order valence-electron chi connectivity index (χ1n) is 9.30. The highest BCUT2D eigenvalue weighted by Crippen LogP contribution is 2.31. The Morgan fingerprint density at radius 1 is 1.37 bits per heavy atom. The molecule has 0 saturated heterocycles. The zero-order valence-electron chi connectivity index (χ0n) is 17.5. The molecule has 1 heterocycles. The van der Waals surface area contributed by atoms with Crippen molar-refractivity contribution in [2.75, 3.05) is 25.1 Å². The van der Waals surface area contributed by atoms with Crippen molar-refractivity contribution in [2.24, 2.45) is 0 Å². The Bertz CT molecular complexity index is 791. The lowest BCUT2D eigenvalue weighted by Gasteiger charge is -2.20. The average molecular weight is 452 g/mol. The van der Waals surface area contributed by atoms with Crippen LogP contribution in [-0.4, -0.2) is 54.8 Å². The predicted molar refractivity (Wildman–Crippen MR) is 108 cm³/mol. The molecule has 0 aliphatic rings. The number of nitrogens with zero attached hydrogens (tertiary/aromatic N) is 2. The Balaban J connectivity index is 2.83. The van der Waals surface area contributed by atoms with Gasteiger partial charge in [-0.25, -0.2) is 9.48 Å². The summed E-state index contributed by atoms with van der Waals surface area (Å²) in [4.78, 5) is 22.7. The predicted octanol–water partition coefficient (Wildman–Crippen LogP) is 3.03. The molecule has 0 spiro atoms. The van der Waals surface area contributed by atoms with Crippen LogP contribution in [0, 0.1) is 0 Å². The summed E-state index contributed by atoms with van der Waals surface area (Å²) in [5, 5.41) is 14.8. The van der Waals surface area contributed by atoms with Crippen LogP contribution in [0.4, 0.5) is 18.9 Å². The van der Waals surface area contributed by atoms with E-state index in [0.29, 0.717) is 11.3 Å². The fourth-order valence-corrected chi connectivity index (χ4v) is 3.02. The summed E-state index contributed by atoms with van der Waals surface area (Å²) in [6, 6.07) is 0.224. The van der Waals surface area contributed by atoms with Crippen molar-refractivity contribution < 1.29 is 32.5 Å². The van der Waals surface area contributed by atoms with Gasteiger partial charge in [-0.05, 0) is 13.0 Å². The Labute approximate surface area is 173 Å². The number of aliphatic carboxylic acids is 1. The monoisotopic (exact) mass is 451 g/mol. The Hall–Kier alpha value is -2.18. The quantitative estimate of drug-likeness (QED) is 0.286. The van der Waals surface area contributed by atoms with Gasteiger partial charge in [-0.3, -0.25) is 4.79 Å². The van der Waals surface area contributed by atoms with E-state index in [1.165, 1.54) is 6.08 Å². The number of carboxylic acids is 1. The standard InChI is InChI=1S/C18H28F3N3O5Si/c1-13(11-28-7-5-6-15(25)26)23-14-10-22-24(12-29-8-9-30(2,3)4)17(27)16(14)18(19,20)21/h5-6,10,13,23H,7-9,11-12H2,1-4H3,(H,25,26)/b6-5+. The highest BCUT2D eigenvalue weighted by Gasteiger charge is 2.38. The zero-order valence-corrected chi connectivity index (χ0v) is 18.5. The van der Waals surface area contributed by atoms with Crippen LogP contribution in [0.1, 0.15) is 12.5 Å². The van der Waals surface area contributed by atoms with E-state index in [4.69, 9.17) is 14.6 Å². The van der Waals surface area contributed by atoms with Crippen molar-refractivity contribution in [2.45, 2.75) is 51.6 Å². The maximum atomic E-state index is 13.5. The molecular formula is C18H28F3N3O5Si. The molecule has 0 radical (unpaired) electrons. The van der Waals surface area contributed by atoms with Crippen LogP contribution >= 0.6 is 0 Å². The topological polar surface area (TPSA) is 103 Å². The van der Waals surface area contributed by atoms with E-state index in [1.54, 1.807) is 6.92 Å². The Morgan fingerprint density at radius 2 is 2.03 bits per heavy atom. The van der Waals surface area contributed by atoms with Crippen molar-refractivity contribution in [3.05, 3.63) is 34.3 Å². The number of ether oxygens (including phenoxy) is 2. The second-order valence-electron chi connectivity index (χ2n) is 7.91. The van der Waals surface area contributed by atoms with Crippen LogP contribution in [-0.2, 0) is 27.2 Å². The molecule has 0 fully saturated rings. The second kappa shape index (κ2) is 11.3. The van der Waals surface area contributed by atoms with Gasteiger partial charge in [-0.1, -0.05) is 25.7 Å². The summed E-state index contributed by atoms with van der Waals surface area (Å²) >= 11 is 0. The van der Waals surface area contributed by atoms with Gasteiger partial charge in [0.1, 0.15) is 12.3 Å². The molecule has 8 nitrogen and oxygen atoms in total. The molecule has 0 aliphatic carbocycles. The van der Waals surface area contributed by atoms with Crippen molar-refractivity contribution >= 4 is 19.7 Å². The number of hydrogen-bond acceptors (Lipinski definition) is 6. The normalized spacial score (nSPS) is 13.6. The van der Waals surface area contributed by atoms with Gasteiger partial charge in [0.05, 0.1) is 25.1 Å². The van der Waals surface area contributed by atoms with E-state index >= 15 is 0 Å². The van der Waals surface area contributed by atoms with Gasteiger partial charge in [0, 0.05) is 26.8 Å². The van der Waals surface area contributed by atoms with E-state index in [1.807, 2.05) is 0 Å². The third-order valence-corrected chi connectivity index (χ3v) is 5.49. The number of carbonyl (C=O) groups is 1. The summed E-state index contributed by atoms with van der Waals surface area (Å²) in [5.41, 5.74) is -3.11. The lowest BCUT2D eigenvalue weighted by atomic mass is 10.2. The van der Waals surface area contributed by atoms with Crippen LogP contribution in [0.15, 0.2) is 23.1 Å². The van der Waals surface area contributed by atoms with Crippen LogP contribution < -0.4 is 10.9 Å². The van der Waals surface area contributed by atoms with Crippen molar-refractivity contribution in [1.82, 2.24) is 9.78 Å². The van der Waals surface area contributed by atoms with Gasteiger partial charge in [-0.15, -0.1) is 0 Å². The Kier molecular flexibility index (Phi) is 9.72. The highest BCUT2D eigenvalue weighted by atomic mass is 28.3. The summed E-state index contributed by atoms with van der Waals surface area (Å²) in [7, 11) is -1.37. The molecule has 1 unspecified atom stereocenters. The van der Waals surface area contributed by atoms with Gasteiger partial charge in [0.25, 0.3) is 5.56 Å². The molecule has 170 valence electrons. The number of anilines is 1. The molecule has 0 aromatic carbocycles. The Morgan fingerprint density at radius 3 is 2.60 bits per heavy atom. The first-order valence-corrected chi connectivity index (χ1v) is 13.0. The van der Waals surface area contributed by atoms with Crippen LogP contribution in [0.5, 0.6) is 0 Å². The second-order valence-corrected chi connectivity index (χ2v) is 13.5. The van der Waals surface area contributed by atoms with Crippen molar-refractivity contribution in [3.63, 3.8) is 0 Å². The number of carboxylic acid groups (broad SMARTS) is 1. The summed E-state index contributed by atoms with van der Waals surface area (Å²) in [5.74, 6) is -1.13. The molecule has 30 heavy (non-hydrogen) atoms. The number of rotatable bonds is 12. The molecule has 1 rings (SSSR count). The van der Waals surface area contributed by atoms with E-state index < -0.39 is 43.1 Å². The minimum atomic E-state index is -4.88. The zero-order chi connectivity index (χ0) is 22.9. The molecule has 1 atom stereocenters. The van der Waals surface area contributed by atoms with Crippen molar-refractivity contribution in [1.29, 1.82) is 0 Å². The summed E-state index contributed by atoms with van der Waals surface area (Å²) in [6.45, 7) is 7.93. The SMILES string of the molecule is CC(COC/C=C/C(=O)O)Nc1cnn(COCC[Si](C)(C)C)c(=O)c1C(F)(F)F.